The smallest absolute Gasteiger partial charge is 0.256 e. The molecule has 6 heteroatoms. The fourth-order valence-corrected chi connectivity index (χ4v) is 2.73. The van der Waals surface area contributed by atoms with E-state index in [-0.39, 0.29) is 17.9 Å². The van der Waals surface area contributed by atoms with E-state index in [0.29, 0.717) is 25.1 Å². The van der Waals surface area contributed by atoms with E-state index in [1.165, 1.54) is 0 Å². The first-order valence-electron chi connectivity index (χ1n) is 7.22. The molecule has 1 aliphatic rings. The summed E-state index contributed by atoms with van der Waals surface area (Å²) in [4.78, 5) is 30.5. The minimum atomic E-state index is -0.366. The number of piperazine rings is 1. The Balaban J connectivity index is 1.89. The molecule has 2 aromatic heterocycles. The molecule has 21 heavy (non-hydrogen) atoms. The fourth-order valence-electron chi connectivity index (χ4n) is 2.73. The zero-order valence-corrected chi connectivity index (χ0v) is 12.0. The molecule has 1 N–H and O–H groups in total. The van der Waals surface area contributed by atoms with Crippen LogP contribution < -0.4 is 5.32 Å². The average molecular weight is 286 g/mol. The number of hydrogen-bond acceptors (Lipinski definition) is 3. The van der Waals surface area contributed by atoms with Crippen molar-refractivity contribution in [3.63, 3.8) is 0 Å². The quantitative estimate of drug-likeness (QED) is 0.918. The average Bonchev–Trinajstić information content (AvgIpc) is 2.96. The highest BCUT2D eigenvalue weighted by molar-refractivity contribution is 5.98. The molecule has 1 saturated heterocycles. The van der Waals surface area contributed by atoms with Gasteiger partial charge in [0.1, 0.15) is 11.7 Å². The van der Waals surface area contributed by atoms with Gasteiger partial charge in [-0.2, -0.15) is 0 Å². The van der Waals surface area contributed by atoms with Crippen molar-refractivity contribution in [2.75, 3.05) is 13.1 Å². The molecule has 3 heterocycles. The Labute approximate surface area is 122 Å². The Morgan fingerprint density at radius 3 is 3.14 bits per heavy atom. The van der Waals surface area contributed by atoms with E-state index < -0.39 is 0 Å². The van der Waals surface area contributed by atoms with Crippen molar-refractivity contribution in [3.05, 3.63) is 36.3 Å². The minimum absolute atomic E-state index is 0.0554. The van der Waals surface area contributed by atoms with Crippen molar-refractivity contribution < 1.29 is 9.59 Å². The molecule has 0 bridgehead atoms. The third kappa shape index (κ3) is 2.49. The van der Waals surface area contributed by atoms with E-state index in [9.17, 15) is 9.59 Å². The van der Waals surface area contributed by atoms with Crippen LogP contribution in [0, 0.1) is 0 Å². The monoisotopic (exact) mass is 286 g/mol. The van der Waals surface area contributed by atoms with Gasteiger partial charge in [0.2, 0.25) is 5.91 Å². The number of nitrogens with zero attached hydrogens (tertiary/aromatic N) is 3. The molecule has 6 nitrogen and oxygen atoms in total. The zero-order chi connectivity index (χ0) is 14.8. The van der Waals surface area contributed by atoms with Crippen molar-refractivity contribution in [2.45, 2.75) is 25.8 Å². The van der Waals surface area contributed by atoms with Gasteiger partial charge >= 0.3 is 0 Å². The van der Waals surface area contributed by atoms with Crippen LogP contribution in [0.2, 0.25) is 0 Å². The van der Waals surface area contributed by atoms with E-state index in [1.807, 2.05) is 17.4 Å². The second-order valence-electron chi connectivity index (χ2n) is 5.20. The van der Waals surface area contributed by atoms with Gasteiger partial charge in [-0.05, 0) is 18.6 Å². The number of imidazole rings is 1. The van der Waals surface area contributed by atoms with Gasteiger partial charge in [-0.15, -0.1) is 0 Å². The predicted molar refractivity (Wildman–Crippen MR) is 77.9 cm³/mol. The van der Waals surface area contributed by atoms with Gasteiger partial charge in [-0.1, -0.05) is 13.3 Å². The molecule has 2 aromatic rings. The lowest BCUT2D eigenvalue weighted by atomic mass is 10.1. The van der Waals surface area contributed by atoms with Gasteiger partial charge in [0.05, 0.1) is 5.56 Å². The maximum Gasteiger partial charge on any atom is 0.256 e. The molecule has 0 radical (unpaired) electrons. The van der Waals surface area contributed by atoms with E-state index in [1.54, 1.807) is 29.6 Å². The number of nitrogens with one attached hydrogen (secondary N) is 1. The van der Waals surface area contributed by atoms with Crippen LogP contribution in [-0.4, -0.2) is 45.2 Å². The summed E-state index contributed by atoms with van der Waals surface area (Å²) in [6, 6.07) is 3.21. The highest BCUT2D eigenvalue weighted by Crippen LogP contribution is 2.16. The summed E-state index contributed by atoms with van der Waals surface area (Å²) in [5.74, 6) is -0.154. The molecule has 0 saturated carbocycles. The largest absolute Gasteiger partial charge is 0.353 e. The maximum absolute atomic E-state index is 12.7. The summed E-state index contributed by atoms with van der Waals surface area (Å²) >= 11 is 0. The van der Waals surface area contributed by atoms with E-state index in [2.05, 4.69) is 10.3 Å². The highest BCUT2D eigenvalue weighted by atomic mass is 16.2. The molecule has 1 fully saturated rings. The lowest BCUT2D eigenvalue weighted by Crippen LogP contribution is -2.57. The van der Waals surface area contributed by atoms with Gasteiger partial charge in [0.15, 0.2) is 0 Å². The summed E-state index contributed by atoms with van der Waals surface area (Å²) < 4.78 is 1.81. The first kappa shape index (κ1) is 13.6. The number of rotatable bonds is 3. The van der Waals surface area contributed by atoms with Crippen molar-refractivity contribution in [1.29, 1.82) is 0 Å². The van der Waals surface area contributed by atoms with Crippen molar-refractivity contribution in [1.82, 2.24) is 19.6 Å². The van der Waals surface area contributed by atoms with Gasteiger partial charge in [0, 0.05) is 31.7 Å². The van der Waals surface area contributed by atoms with Crippen molar-refractivity contribution in [3.8, 4) is 0 Å². The van der Waals surface area contributed by atoms with Crippen molar-refractivity contribution >= 4 is 17.5 Å². The Bertz CT molecular complexity index is 679. The lowest BCUT2D eigenvalue weighted by Gasteiger charge is -2.35. The van der Waals surface area contributed by atoms with E-state index >= 15 is 0 Å². The normalized spacial score (nSPS) is 18.8. The first-order valence-corrected chi connectivity index (χ1v) is 7.22. The number of carbonyl (C=O) groups excluding carboxylic acids is 2. The Kier molecular flexibility index (Phi) is 3.60. The molecule has 1 atom stereocenters. The molecule has 2 amide bonds. The topological polar surface area (TPSA) is 66.7 Å². The predicted octanol–water partition coefficient (Wildman–Crippen LogP) is 1.07. The molecule has 3 rings (SSSR count). The Morgan fingerprint density at radius 1 is 1.48 bits per heavy atom. The molecule has 0 aliphatic carbocycles. The number of hydrogen-bond donors (Lipinski definition) is 1. The minimum Gasteiger partial charge on any atom is -0.353 e. The SMILES string of the molecule is CCC[C@H]1C(=O)NCCN1C(=O)c1ccc2nccn2c1. The summed E-state index contributed by atoms with van der Waals surface area (Å²) in [5, 5.41) is 2.83. The lowest BCUT2D eigenvalue weighted by molar-refractivity contribution is -0.128. The van der Waals surface area contributed by atoms with Crippen LogP contribution in [0.15, 0.2) is 30.7 Å². The maximum atomic E-state index is 12.7. The highest BCUT2D eigenvalue weighted by Gasteiger charge is 2.32. The number of aromatic nitrogens is 2. The second-order valence-corrected chi connectivity index (χ2v) is 5.20. The fraction of sp³-hybridized carbons (Fsp3) is 0.400. The number of carbonyl (C=O) groups is 2. The third-order valence-corrected chi connectivity index (χ3v) is 3.79. The number of fused-ring (bicyclic) bond motifs is 1. The standard InChI is InChI=1S/C15H18N4O2/c1-2-3-12-14(20)17-7-9-19(12)15(21)11-4-5-13-16-6-8-18(13)10-11/h4-6,8,10,12H,2-3,7,9H2,1H3,(H,17,20)/t12-/m0/s1. The van der Waals surface area contributed by atoms with E-state index in [4.69, 9.17) is 0 Å². The molecule has 110 valence electrons. The second kappa shape index (κ2) is 5.55. The molecule has 0 spiro atoms. The van der Waals surface area contributed by atoms with E-state index in [0.717, 1.165) is 12.1 Å². The van der Waals surface area contributed by atoms with Crippen LogP contribution in [0.5, 0.6) is 0 Å². The Hall–Kier alpha value is -2.37. The summed E-state index contributed by atoms with van der Waals surface area (Å²) in [5.41, 5.74) is 1.38. The van der Waals surface area contributed by atoms with Gasteiger partial charge in [0.25, 0.3) is 5.91 Å². The van der Waals surface area contributed by atoms with Gasteiger partial charge < -0.3 is 14.6 Å². The first-order chi connectivity index (χ1) is 10.2. The zero-order valence-electron chi connectivity index (χ0n) is 12.0. The van der Waals surface area contributed by atoms with Gasteiger partial charge in [-0.3, -0.25) is 9.59 Å². The molecule has 0 aromatic carbocycles. The summed E-state index contributed by atoms with van der Waals surface area (Å²) in [6.45, 7) is 3.08. The van der Waals surface area contributed by atoms with Crippen LogP contribution in [0.4, 0.5) is 0 Å². The van der Waals surface area contributed by atoms with Crippen LogP contribution in [0.25, 0.3) is 5.65 Å². The molecular weight excluding hydrogens is 268 g/mol. The van der Waals surface area contributed by atoms with Gasteiger partial charge in [-0.25, -0.2) is 4.98 Å². The third-order valence-electron chi connectivity index (χ3n) is 3.79. The molecule has 0 unspecified atom stereocenters. The van der Waals surface area contributed by atoms with Crippen LogP contribution >= 0.6 is 0 Å². The summed E-state index contributed by atoms with van der Waals surface area (Å²) in [7, 11) is 0. The summed E-state index contributed by atoms with van der Waals surface area (Å²) in [6.07, 6.45) is 6.81. The van der Waals surface area contributed by atoms with Crippen LogP contribution in [0.1, 0.15) is 30.1 Å². The van der Waals surface area contributed by atoms with Crippen LogP contribution in [-0.2, 0) is 4.79 Å². The molecule has 1 aliphatic heterocycles. The van der Waals surface area contributed by atoms with Crippen molar-refractivity contribution in [2.24, 2.45) is 0 Å². The molecular formula is C15H18N4O2. The number of pyridine rings is 1. The van der Waals surface area contributed by atoms with Crippen LogP contribution in [0.3, 0.4) is 0 Å². The Morgan fingerprint density at radius 2 is 2.33 bits per heavy atom. The number of amides is 2.